The molecular formula is C61H40N8. The van der Waals surface area contributed by atoms with Crippen molar-refractivity contribution >= 4 is 43.6 Å². The Morgan fingerprint density at radius 2 is 0.623 bits per heavy atom. The van der Waals surface area contributed by atoms with E-state index >= 15 is 0 Å². The first-order valence-corrected chi connectivity index (χ1v) is 23.0. The van der Waals surface area contributed by atoms with Crippen LogP contribution in [0.25, 0.3) is 123 Å². The monoisotopic (exact) mass is 884 g/mol. The van der Waals surface area contributed by atoms with E-state index in [2.05, 4.69) is 150 Å². The predicted molar refractivity (Wildman–Crippen MR) is 279 cm³/mol. The first-order valence-electron chi connectivity index (χ1n) is 23.0. The number of aromatic nitrogens is 8. The van der Waals surface area contributed by atoms with Crippen LogP contribution < -0.4 is 0 Å². The average Bonchev–Trinajstić information content (AvgIpc) is 3.94. The zero-order valence-corrected chi connectivity index (χ0v) is 37.4. The Balaban J connectivity index is 1.05. The summed E-state index contributed by atoms with van der Waals surface area (Å²) in [5.41, 5.74) is 12.9. The van der Waals surface area contributed by atoms with Gasteiger partial charge < -0.3 is 9.13 Å². The second-order valence-corrected chi connectivity index (χ2v) is 17.2. The number of hydrogen-bond acceptors (Lipinski definition) is 6. The van der Waals surface area contributed by atoms with E-state index in [9.17, 15) is 0 Å². The summed E-state index contributed by atoms with van der Waals surface area (Å²) in [6.07, 6.45) is 0. The zero-order chi connectivity index (χ0) is 45.8. The summed E-state index contributed by atoms with van der Waals surface area (Å²) in [6.45, 7) is 2.09. The van der Waals surface area contributed by atoms with Gasteiger partial charge in [0.25, 0.3) is 0 Å². The van der Waals surface area contributed by atoms with Gasteiger partial charge in [0.05, 0.1) is 33.4 Å². The fraction of sp³-hybridized carbons (Fsp3) is 0.0164. The highest BCUT2D eigenvalue weighted by Gasteiger charge is 2.25. The van der Waals surface area contributed by atoms with Gasteiger partial charge in [-0.3, -0.25) is 0 Å². The van der Waals surface area contributed by atoms with Crippen molar-refractivity contribution in [1.82, 2.24) is 39.0 Å². The summed E-state index contributed by atoms with van der Waals surface area (Å²) in [5.74, 6) is 3.67. The van der Waals surface area contributed by atoms with Crippen molar-refractivity contribution in [3.05, 3.63) is 230 Å². The zero-order valence-electron chi connectivity index (χ0n) is 37.4. The molecule has 0 aliphatic carbocycles. The first kappa shape index (κ1) is 39.9. The third-order valence-corrected chi connectivity index (χ3v) is 12.9. The quantitative estimate of drug-likeness (QED) is 0.151. The molecule has 13 aromatic rings. The average molecular weight is 885 g/mol. The largest absolute Gasteiger partial charge is 0.308 e. The van der Waals surface area contributed by atoms with E-state index in [4.69, 9.17) is 29.9 Å². The molecule has 0 fully saturated rings. The van der Waals surface area contributed by atoms with Crippen LogP contribution in [0, 0.1) is 6.92 Å². The van der Waals surface area contributed by atoms with E-state index in [-0.39, 0.29) is 0 Å². The van der Waals surface area contributed by atoms with Gasteiger partial charge in [-0.25, -0.2) is 29.9 Å². The molecule has 13 rings (SSSR count). The minimum absolute atomic E-state index is 0.595. The fourth-order valence-corrected chi connectivity index (χ4v) is 9.81. The second-order valence-electron chi connectivity index (χ2n) is 17.2. The van der Waals surface area contributed by atoms with Gasteiger partial charge in [-0.05, 0) is 61.5 Å². The third-order valence-electron chi connectivity index (χ3n) is 12.9. The van der Waals surface area contributed by atoms with Crippen LogP contribution in [0.1, 0.15) is 5.56 Å². The van der Waals surface area contributed by atoms with Crippen molar-refractivity contribution in [3.63, 3.8) is 0 Å². The Labute approximate surface area is 397 Å². The molecule has 69 heavy (non-hydrogen) atoms. The molecule has 8 heteroatoms. The van der Waals surface area contributed by atoms with Gasteiger partial charge >= 0.3 is 0 Å². The highest BCUT2D eigenvalue weighted by atomic mass is 15.1. The molecule has 0 amide bonds. The Hall–Kier alpha value is -9.40. The number of nitrogens with zero attached hydrogens (tertiary/aromatic N) is 8. The number of para-hydroxylation sites is 4. The van der Waals surface area contributed by atoms with Crippen molar-refractivity contribution in [1.29, 1.82) is 0 Å². The van der Waals surface area contributed by atoms with Gasteiger partial charge in [-0.1, -0.05) is 175 Å². The third kappa shape index (κ3) is 6.85. The van der Waals surface area contributed by atoms with Crippen LogP contribution in [-0.4, -0.2) is 39.0 Å². The van der Waals surface area contributed by atoms with Crippen LogP contribution in [-0.2, 0) is 0 Å². The number of hydrogen-bond donors (Lipinski definition) is 0. The molecule has 0 aliphatic rings. The topological polar surface area (TPSA) is 87.2 Å². The van der Waals surface area contributed by atoms with Crippen LogP contribution in [0.15, 0.2) is 224 Å². The number of aryl methyl sites for hydroxylation is 1. The Kier molecular flexibility index (Phi) is 9.54. The molecule has 0 atom stereocenters. The Morgan fingerprint density at radius 1 is 0.275 bits per heavy atom. The number of rotatable bonds is 8. The van der Waals surface area contributed by atoms with Crippen molar-refractivity contribution in [2.75, 3.05) is 0 Å². The molecule has 0 N–H and O–H groups in total. The summed E-state index contributed by atoms with van der Waals surface area (Å²) >= 11 is 0. The molecule has 8 nitrogen and oxygen atoms in total. The van der Waals surface area contributed by atoms with Crippen LogP contribution in [0.3, 0.4) is 0 Å². The van der Waals surface area contributed by atoms with Gasteiger partial charge in [0.15, 0.2) is 34.9 Å². The maximum absolute atomic E-state index is 5.22. The van der Waals surface area contributed by atoms with Crippen molar-refractivity contribution < 1.29 is 0 Å². The summed E-state index contributed by atoms with van der Waals surface area (Å²) in [6, 6.07) is 77.5. The summed E-state index contributed by atoms with van der Waals surface area (Å²) < 4.78 is 4.75. The fourth-order valence-electron chi connectivity index (χ4n) is 9.81. The van der Waals surface area contributed by atoms with Gasteiger partial charge in [0.2, 0.25) is 0 Å². The van der Waals surface area contributed by atoms with Gasteiger partial charge in [0.1, 0.15) is 0 Å². The molecule has 4 aromatic heterocycles. The Morgan fingerprint density at radius 3 is 1.06 bits per heavy atom. The highest BCUT2D eigenvalue weighted by molar-refractivity contribution is 6.29. The predicted octanol–water partition coefficient (Wildman–Crippen LogP) is 14.6. The van der Waals surface area contributed by atoms with E-state index in [0.717, 1.165) is 93.9 Å². The molecular weight excluding hydrogens is 845 g/mol. The van der Waals surface area contributed by atoms with Crippen LogP contribution in [0.5, 0.6) is 0 Å². The summed E-state index contributed by atoms with van der Waals surface area (Å²) in [4.78, 5) is 30.9. The van der Waals surface area contributed by atoms with Crippen LogP contribution >= 0.6 is 0 Å². The SMILES string of the molecule is Cc1cccc(-c2nc(-c3ccccc3)nc(-c3ccccc3-n3c4ccccc4c4c5c6ccccc6n(-c6ccccc6-c6nc(-c7ccccc7)nc(-c7ccccc7)n6)c5ccc43)n2)c1. The van der Waals surface area contributed by atoms with E-state index in [0.29, 0.717) is 34.9 Å². The van der Waals surface area contributed by atoms with Gasteiger partial charge in [-0.15, -0.1) is 0 Å². The molecule has 0 unspecified atom stereocenters. The molecule has 0 aliphatic heterocycles. The van der Waals surface area contributed by atoms with E-state index in [1.54, 1.807) is 0 Å². The lowest BCUT2D eigenvalue weighted by Crippen LogP contribution is -2.04. The number of benzene rings is 9. The van der Waals surface area contributed by atoms with Crippen molar-refractivity contribution in [2.24, 2.45) is 0 Å². The molecule has 0 saturated heterocycles. The molecule has 4 heterocycles. The lowest BCUT2D eigenvalue weighted by Gasteiger charge is -2.15. The molecule has 324 valence electrons. The highest BCUT2D eigenvalue weighted by Crippen LogP contribution is 2.44. The summed E-state index contributed by atoms with van der Waals surface area (Å²) in [7, 11) is 0. The van der Waals surface area contributed by atoms with Gasteiger partial charge in [0, 0.05) is 54.9 Å². The van der Waals surface area contributed by atoms with E-state index in [1.165, 1.54) is 0 Å². The maximum Gasteiger partial charge on any atom is 0.166 e. The molecule has 0 bridgehead atoms. The molecule has 0 saturated carbocycles. The Bertz CT molecular complexity index is 4030. The number of fused-ring (bicyclic) bond motifs is 7. The minimum atomic E-state index is 0.595. The normalized spacial score (nSPS) is 11.6. The second kappa shape index (κ2) is 16.5. The van der Waals surface area contributed by atoms with Crippen LogP contribution in [0.2, 0.25) is 0 Å². The smallest absolute Gasteiger partial charge is 0.166 e. The molecule has 0 spiro atoms. The molecule has 9 aromatic carbocycles. The van der Waals surface area contributed by atoms with Gasteiger partial charge in [-0.2, -0.15) is 0 Å². The molecule has 0 radical (unpaired) electrons. The lowest BCUT2D eigenvalue weighted by atomic mass is 10.1. The first-order chi connectivity index (χ1) is 34.1. The van der Waals surface area contributed by atoms with E-state index < -0.39 is 0 Å². The standard InChI is InChI=1S/C61H40N8/c1-39-20-19-27-43(38-39)59-63-58(42-25-9-4-10-26-42)66-61(67-59)47-31-14-18-35-51(47)69-49-33-16-12-29-45(49)55-53(69)37-36-52-54(55)44-28-11-15-32-48(44)68(52)50-34-17-13-30-46(50)60-64-56(40-21-5-2-6-22-40)62-57(65-60)41-23-7-3-8-24-41/h2-38H,1H3. The van der Waals surface area contributed by atoms with E-state index in [1.807, 2.05) is 91.0 Å². The maximum atomic E-state index is 5.22. The van der Waals surface area contributed by atoms with Crippen LogP contribution in [0.4, 0.5) is 0 Å². The minimum Gasteiger partial charge on any atom is -0.308 e. The lowest BCUT2D eigenvalue weighted by molar-refractivity contribution is 1.06. The van der Waals surface area contributed by atoms with Crippen molar-refractivity contribution in [3.8, 4) is 79.7 Å². The summed E-state index contributed by atoms with van der Waals surface area (Å²) in [5, 5.41) is 4.60. The van der Waals surface area contributed by atoms with Crippen molar-refractivity contribution in [2.45, 2.75) is 6.92 Å².